The summed E-state index contributed by atoms with van der Waals surface area (Å²) >= 11 is 11.5. The maximum absolute atomic E-state index is 11.9. The molecule has 0 aliphatic rings. The Morgan fingerprint density at radius 1 is 1.53 bits per heavy atom. The van der Waals surface area contributed by atoms with Gasteiger partial charge in [-0.1, -0.05) is 37.0 Å². The van der Waals surface area contributed by atoms with E-state index in [4.69, 9.17) is 28.3 Å². The summed E-state index contributed by atoms with van der Waals surface area (Å²) in [4.78, 5) is 15.7. The van der Waals surface area contributed by atoms with Crippen LogP contribution in [0, 0.1) is 5.92 Å². The van der Waals surface area contributed by atoms with Crippen molar-refractivity contribution in [2.24, 2.45) is 5.92 Å². The van der Waals surface area contributed by atoms with Crippen LogP contribution in [0.25, 0.3) is 0 Å². The Hall–Kier alpha value is -0.840. The highest BCUT2D eigenvalue weighted by Crippen LogP contribution is 2.18. The minimum Gasteiger partial charge on any atom is -0.394 e. The standard InChI is InChI=1S/C11H14Cl2N2O2/c1-6(2)9(5-16)15-11(17)7-3-10(13)14-4-8(7)12/h3-4,6,9,16H,5H2,1-2H3,(H,15,17)/t9-/m1/s1. The lowest BCUT2D eigenvalue weighted by Crippen LogP contribution is -2.41. The first kappa shape index (κ1) is 14.2. The van der Waals surface area contributed by atoms with Crippen molar-refractivity contribution < 1.29 is 9.90 Å². The first-order valence-electron chi connectivity index (χ1n) is 5.18. The molecule has 1 rings (SSSR count). The minimum absolute atomic E-state index is 0.125. The number of amides is 1. The second-order valence-electron chi connectivity index (χ2n) is 3.99. The molecule has 4 nitrogen and oxygen atoms in total. The molecule has 94 valence electrons. The molecule has 0 saturated carbocycles. The van der Waals surface area contributed by atoms with Crippen molar-refractivity contribution in [2.75, 3.05) is 6.61 Å². The second kappa shape index (κ2) is 6.19. The molecule has 0 fully saturated rings. The molecular weight excluding hydrogens is 263 g/mol. The highest BCUT2D eigenvalue weighted by molar-refractivity contribution is 6.35. The quantitative estimate of drug-likeness (QED) is 0.829. The molecule has 0 radical (unpaired) electrons. The summed E-state index contributed by atoms with van der Waals surface area (Å²) in [5, 5.41) is 12.2. The minimum atomic E-state index is -0.368. The van der Waals surface area contributed by atoms with E-state index in [2.05, 4.69) is 10.3 Å². The number of aliphatic hydroxyl groups excluding tert-OH is 1. The SMILES string of the molecule is CC(C)[C@@H](CO)NC(=O)c1cc(Cl)ncc1Cl. The zero-order valence-electron chi connectivity index (χ0n) is 9.58. The number of pyridine rings is 1. The number of hydrogen-bond acceptors (Lipinski definition) is 3. The summed E-state index contributed by atoms with van der Waals surface area (Å²) < 4.78 is 0. The van der Waals surface area contributed by atoms with Crippen molar-refractivity contribution in [2.45, 2.75) is 19.9 Å². The third kappa shape index (κ3) is 3.84. The van der Waals surface area contributed by atoms with Gasteiger partial charge in [0.15, 0.2) is 0 Å². The molecule has 0 spiro atoms. The van der Waals surface area contributed by atoms with Gasteiger partial charge in [-0.25, -0.2) is 4.98 Å². The van der Waals surface area contributed by atoms with E-state index in [1.807, 2.05) is 13.8 Å². The number of carbonyl (C=O) groups is 1. The lowest BCUT2D eigenvalue weighted by atomic mass is 10.1. The number of aliphatic hydroxyl groups is 1. The van der Waals surface area contributed by atoms with Gasteiger partial charge in [0, 0.05) is 6.20 Å². The molecule has 0 aromatic carbocycles. The number of aromatic nitrogens is 1. The van der Waals surface area contributed by atoms with Crippen LogP contribution in [-0.2, 0) is 0 Å². The summed E-state index contributed by atoms with van der Waals surface area (Å²) in [6, 6.07) is 1.08. The zero-order chi connectivity index (χ0) is 13.0. The number of rotatable bonds is 4. The van der Waals surface area contributed by atoms with E-state index < -0.39 is 0 Å². The molecule has 0 aliphatic carbocycles. The maximum Gasteiger partial charge on any atom is 0.253 e. The predicted molar refractivity (Wildman–Crippen MR) is 67.4 cm³/mol. The van der Waals surface area contributed by atoms with Gasteiger partial charge in [-0.05, 0) is 12.0 Å². The maximum atomic E-state index is 11.9. The fourth-order valence-corrected chi connectivity index (χ4v) is 1.60. The van der Waals surface area contributed by atoms with E-state index in [1.54, 1.807) is 0 Å². The molecule has 2 N–H and O–H groups in total. The van der Waals surface area contributed by atoms with E-state index in [-0.39, 0.29) is 40.2 Å². The van der Waals surface area contributed by atoms with Crippen LogP contribution < -0.4 is 5.32 Å². The lowest BCUT2D eigenvalue weighted by Gasteiger charge is -2.20. The Morgan fingerprint density at radius 2 is 2.18 bits per heavy atom. The first-order chi connectivity index (χ1) is 7.95. The largest absolute Gasteiger partial charge is 0.394 e. The second-order valence-corrected chi connectivity index (χ2v) is 4.79. The zero-order valence-corrected chi connectivity index (χ0v) is 11.1. The molecule has 1 aromatic heterocycles. The lowest BCUT2D eigenvalue weighted by molar-refractivity contribution is 0.0897. The molecule has 1 aromatic rings. The number of carbonyl (C=O) groups excluding carboxylic acids is 1. The number of nitrogens with one attached hydrogen (secondary N) is 1. The van der Waals surface area contributed by atoms with Gasteiger partial charge in [0.25, 0.3) is 5.91 Å². The van der Waals surface area contributed by atoms with Gasteiger partial charge in [-0.15, -0.1) is 0 Å². The number of halogens is 2. The fraction of sp³-hybridized carbons (Fsp3) is 0.455. The number of hydrogen-bond donors (Lipinski definition) is 2. The summed E-state index contributed by atoms with van der Waals surface area (Å²) in [5.74, 6) is -0.243. The molecule has 0 aliphatic heterocycles. The van der Waals surface area contributed by atoms with Gasteiger partial charge in [-0.3, -0.25) is 4.79 Å². The molecule has 1 heterocycles. The average Bonchev–Trinajstić information content (AvgIpc) is 2.28. The third-order valence-electron chi connectivity index (χ3n) is 2.38. The predicted octanol–water partition coefficient (Wildman–Crippen LogP) is 2.14. The monoisotopic (exact) mass is 276 g/mol. The van der Waals surface area contributed by atoms with Crippen LogP contribution in [0.5, 0.6) is 0 Å². The van der Waals surface area contributed by atoms with Gasteiger partial charge in [0.1, 0.15) is 5.15 Å². The Morgan fingerprint density at radius 3 is 2.71 bits per heavy atom. The van der Waals surface area contributed by atoms with Crippen LogP contribution in [0.4, 0.5) is 0 Å². The third-order valence-corrected chi connectivity index (χ3v) is 2.89. The number of nitrogens with zero attached hydrogens (tertiary/aromatic N) is 1. The summed E-state index contributed by atoms with van der Waals surface area (Å²) in [6.45, 7) is 3.68. The average molecular weight is 277 g/mol. The summed E-state index contributed by atoms with van der Waals surface area (Å²) in [6.07, 6.45) is 1.32. The van der Waals surface area contributed by atoms with E-state index in [0.29, 0.717) is 0 Å². The van der Waals surface area contributed by atoms with Crippen LogP contribution in [-0.4, -0.2) is 28.6 Å². The molecule has 6 heteroatoms. The van der Waals surface area contributed by atoms with Crippen molar-refractivity contribution in [3.63, 3.8) is 0 Å². The Kier molecular flexibility index (Phi) is 5.18. The van der Waals surface area contributed by atoms with E-state index in [1.165, 1.54) is 12.3 Å². The van der Waals surface area contributed by atoms with Crippen LogP contribution >= 0.6 is 23.2 Å². The smallest absolute Gasteiger partial charge is 0.253 e. The van der Waals surface area contributed by atoms with Gasteiger partial charge in [-0.2, -0.15) is 0 Å². The molecule has 1 amide bonds. The van der Waals surface area contributed by atoms with Crippen LogP contribution in [0.2, 0.25) is 10.2 Å². The van der Waals surface area contributed by atoms with Crippen LogP contribution in [0.3, 0.4) is 0 Å². The van der Waals surface area contributed by atoms with Crippen molar-refractivity contribution in [3.8, 4) is 0 Å². The first-order valence-corrected chi connectivity index (χ1v) is 5.94. The van der Waals surface area contributed by atoms with Crippen molar-refractivity contribution in [3.05, 3.63) is 28.0 Å². The van der Waals surface area contributed by atoms with Gasteiger partial charge < -0.3 is 10.4 Å². The Bertz CT molecular complexity index is 410. The Labute approximate surface area is 110 Å². The highest BCUT2D eigenvalue weighted by atomic mass is 35.5. The van der Waals surface area contributed by atoms with Crippen LogP contribution in [0.15, 0.2) is 12.3 Å². The van der Waals surface area contributed by atoms with Gasteiger partial charge in [0.05, 0.1) is 23.2 Å². The van der Waals surface area contributed by atoms with E-state index >= 15 is 0 Å². The van der Waals surface area contributed by atoms with Crippen LogP contribution in [0.1, 0.15) is 24.2 Å². The summed E-state index contributed by atoms with van der Waals surface area (Å²) in [5.41, 5.74) is 0.255. The molecule has 1 atom stereocenters. The topological polar surface area (TPSA) is 62.2 Å². The van der Waals surface area contributed by atoms with E-state index in [0.717, 1.165) is 0 Å². The van der Waals surface area contributed by atoms with Crippen molar-refractivity contribution in [1.82, 2.24) is 10.3 Å². The normalized spacial score (nSPS) is 12.6. The van der Waals surface area contributed by atoms with Crippen molar-refractivity contribution in [1.29, 1.82) is 0 Å². The molecule has 0 unspecified atom stereocenters. The Balaban J connectivity index is 2.86. The van der Waals surface area contributed by atoms with Gasteiger partial charge >= 0.3 is 0 Å². The van der Waals surface area contributed by atoms with E-state index in [9.17, 15) is 4.79 Å². The molecule has 0 saturated heterocycles. The molecule has 0 bridgehead atoms. The van der Waals surface area contributed by atoms with Crippen molar-refractivity contribution >= 4 is 29.1 Å². The van der Waals surface area contributed by atoms with Gasteiger partial charge in [0.2, 0.25) is 0 Å². The summed E-state index contributed by atoms with van der Waals surface area (Å²) in [7, 11) is 0. The molecular formula is C11H14Cl2N2O2. The highest BCUT2D eigenvalue weighted by Gasteiger charge is 2.18. The molecule has 17 heavy (non-hydrogen) atoms. The fourth-order valence-electron chi connectivity index (χ4n) is 1.26.